The topological polar surface area (TPSA) is 78.5 Å². The van der Waals surface area contributed by atoms with Crippen molar-refractivity contribution in [2.45, 2.75) is 11.8 Å². The molecule has 0 saturated carbocycles. The van der Waals surface area contributed by atoms with E-state index < -0.39 is 10.0 Å². The Labute approximate surface area is 191 Å². The van der Waals surface area contributed by atoms with E-state index in [2.05, 4.69) is 10.6 Å². The van der Waals surface area contributed by atoms with E-state index in [9.17, 15) is 13.2 Å². The lowest BCUT2D eigenvalue weighted by Gasteiger charge is -2.23. The maximum atomic E-state index is 13.0. The van der Waals surface area contributed by atoms with Crippen LogP contribution in [0.5, 0.6) is 0 Å². The summed E-state index contributed by atoms with van der Waals surface area (Å²) in [5.41, 5.74) is 1.17. The zero-order chi connectivity index (χ0) is 22.3. The molecule has 0 spiro atoms. The van der Waals surface area contributed by atoms with E-state index in [-0.39, 0.29) is 15.9 Å². The largest absolute Gasteiger partial charge is 0.332 e. The fourth-order valence-electron chi connectivity index (χ4n) is 2.78. The lowest BCUT2D eigenvalue weighted by Crippen LogP contribution is -2.33. The lowest BCUT2D eigenvalue weighted by atomic mass is 10.3. The highest BCUT2D eigenvalue weighted by Crippen LogP contribution is 2.24. The summed E-state index contributed by atoms with van der Waals surface area (Å²) in [6, 6.07) is 19.0. The smallest absolute Gasteiger partial charge is 0.264 e. The molecule has 0 atom stereocenters. The summed E-state index contributed by atoms with van der Waals surface area (Å²) in [5.74, 6) is -0.355. The second-order valence-electron chi connectivity index (χ2n) is 6.32. The van der Waals surface area contributed by atoms with Gasteiger partial charge in [-0.05, 0) is 73.1 Å². The molecule has 1 aromatic heterocycles. The SMILES string of the molecule is CCN(c1ccccc1)S(=O)(=O)c1ccc(NC(=S)NC(=O)C=Cc2cccs2)cc1. The lowest BCUT2D eigenvalue weighted by molar-refractivity contribution is -0.115. The number of hydrogen-bond donors (Lipinski definition) is 2. The number of thiophene rings is 1. The number of sulfonamides is 1. The van der Waals surface area contributed by atoms with E-state index in [1.54, 1.807) is 49.4 Å². The van der Waals surface area contributed by atoms with Crippen molar-refractivity contribution in [2.75, 3.05) is 16.2 Å². The molecular formula is C22H21N3O3S3. The van der Waals surface area contributed by atoms with Gasteiger partial charge in [0.25, 0.3) is 10.0 Å². The molecule has 31 heavy (non-hydrogen) atoms. The summed E-state index contributed by atoms with van der Waals surface area (Å²) in [5, 5.41) is 7.48. The number of nitrogens with one attached hydrogen (secondary N) is 2. The normalized spacial score (nSPS) is 11.3. The van der Waals surface area contributed by atoms with Gasteiger partial charge in [-0.3, -0.25) is 14.4 Å². The monoisotopic (exact) mass is 471 g/mol. The summed E-state index contributed by atoms with van der Waals surface area (Å²) in [7, 11) is -3.70. The van der Waals surface area contributed by atoms with Crippen molar-refractivity contribution in [1.82, 2.24) is 5.32 Å². The number of para-hydroxylation sites is 1. The average molecular weight is 472 g/mol. The van der Waals surface area contributed by atoms with Crippen LogP contribution in [-0.2, 0) is 14.8 Å². The number of hydrogen-bond acceptors (Lipinski definition) is 5. The van der Waals surface area contributed by atoms with Gasteiger partial charge in [-0.1, -0.05) is 24.3 Å². The maximum absolute atomic E-state index is 13.0. The summed E-state index contributed by atoms with van der Waals surface area (Å²) < 4.78 is 27.4. The number of thiocarbonyl (C=S) groups is 1. The molecule has 0 unspecified atom stereocenters. The van der Waals surface area contributed by atoms with Gasteiger partial charge in [-0.25, -0.2) is 8.42 Å². The highest BCUT2D eigenvalue weighted by Gasteiger charge is 2.23. The van der Waals surface area contributed by atoms with Crippen LogP contribution in [0.2, 0.25) is 0 Å². The molecule has 9 heteroatoms. The van der Waals surface area contributed by atoms with Gasteiger partial charge < -0.3 is 5.32 Å². The fourth-order valence-corrected chi connectivity index (χ4v) is 5.09. The minimum atomic E-state index is -3.70. The Morgan fingerprint density at radius 2 is 1.77 bits per heavy atom. The highest BCUT2D eigenvalue weighted by atomic mass is 32.2. The molecule has 3 rings (SSSR count). The Kier molecular flexibility index (Phi) is 7.56. The highest BCUT2D eigenvalue weighted by molar-refractivity contribution is 7.92. The Balaban J connectivity index is 1.64. The van der Waals surface area contributed by atoms with Crippen LogP contribution < -0.4 is 14.9 Å². The zero-order valence-electron chi connectivity index (χ0n) is 16.7. The van der Waals surface area contributed by atoms with Gasteiger partial charge >= 0.3 is 0 Å². The molecule has 0 bridgehead atoms. The van der Waals surface area contributed by atoms with Gasteiger partial charge in [-0.2, -0.15) is 0 Å². The van der Waals surface area contributed by atoms with E-state index in [0.29, 0.717) is 17.9 Å². The van der Waals surface area contributed by atoms with Gasteiger partial charge in [0.05, 0.1) is 10.6 Å². The van der Waals surface area contributed by atoms with Crippen LogP contribution in [0.4, 0.5) is 11.4 Å². The second kappa shape index (κ2) is 10.3. The molecule has 0 aliphatic carbocycles. The Hall–Kier alpha value is -3.01. The summed E-state index contributed by atoms with van der Waals surface area (Å²) in [4.78, 5) is 13.1. The number of rotatable bonds is 7. The third-order valence-electron chi connectivity index (χ3n) is 4.21. The molecule has 2 N–H and O–H groups in total. The van der Waals surface area contributed by atoms with E-state index in [1.165, 1.54) is 33.9 Å². The van der Waals surface area contributed by atoms with Crippen molar-refractivity contribution >= 4 is 62.0 Å². The minimum absolute atomic E-state index is 0.121. The molecule has 2 aromatic carbocycles. The van der Waals surface area contributed by atoms with E-state index in [4.69, 9.17) is 12.2 Å². The first-order chi connectivity index (χ1) is 14.9. The summed E-state index contributed by atoms with van der Waals surface area (Å²) >= 11 is 6.68. The molecule has 160 valence electrons. The van der Waals surface area contributed by atoms with Crippen molar-refractivity contribution in [3.05, 3.63) is 83.1 Å². The molecule has 0 aliphatic rings. The Bertz CT molecular complexity index is 1160. The van der Waals surface area contributed by atoms with Crippen LogP contribution in [0.25, 0.3) is 6.08 Å². The molecule has 0 fully saturated rings. The molecule has 1 heterocycles. The van der Waals surface area contributed by atoms with Crippen LogP contribution in [0, 0.1) is 0 Å². The number of nitrogens with zero attached hydrogens (tertiary/aromatic N) is 1. The van der Waals surface area contributed by atoms with E-state index in [0.717, 1.165) is 4.88 Å². The average Bonchev–Trinajstić information content (AvgIpc) is 3.27. The van der Waals surface area contributed by atoms with Crippen molar-refractivity contribution in [1.29, 1.82) is 0 Å². The Morgan fingerprint density at radius 1 is 1.06 bits per heavy atom. The predicted molar refractivity (Wildman–Crippen MR) is 131 cm³/mol. The molecule has 0 saturated heterocycles. The first-order valence-corrected chi connectivity index (χ1v) is 12.1. The van der Waals surface area contributed by atoms with Crippen molar-refractivity contribution < 1.29 is 13.2 Å². The first kappa shape index (κ1) is 22.7. The summed E-state index contributed by atoms with van der Waals surface area (Å²) in [6.45, 7) is 2.09. The molecule has 0 radical (unpaired) electrons. The predicted octanol–water partition coefficient (Wildman–Crippen LogP) is 4.49. The minimum Gasteiger partial charge on any atom is -0.332 e. The van der Waals surface area contributed by atoms with Crippen LogP contribution in [0.1, 0.15) is 11.8 Å². The van der Waals surface area contributed by atoms with Gasteiger partial charge in [0.1, 0.15) is 0 Å². The maximum Gasteiger partial charge on any atom is 0.264 e. The Morgan fingerprint density at radius 3 is 2.39 bits per heavy atom. The van der Waals surface area contributed by atoms with Crippen LogP contribution in [0.3, 0.4) is 0 Å². The first-order valence-electron chi connectivity index (χ1n) is 9.41. The van der Waals surface area contributed by atoms with Gasteiger partial charge in [0.15, 0.2) is 5.11 Å². The quantitative estimate of drug-likeness (QED) is 0.392. The molecule has 6 nitrogen and oxygen atoms in total. The number of carbonyl (C=O) groups excluding carboxylic acids is 1. The number of benzene rings is 2. The van der Waals surface area contributed by atoms with Gasteiger partial charge in [0, 0.05) is 23.2 Å². The fraction of sp³-hybridized carbons (Fsp3) is 0.0909. The van der Waals surface area contributed by atoms with Crippen molar-refractivity contribution in [2.24, 2.45) is 0 Å². The molecule has 1 amide bonds. The van der Waals surface area contributed by atoms with E-state index >= 15 is 0 Å². The van der Waals surface area contributed by atoms with Crippen molar-refractivity contribution in [3.8, 4) is 0 Å². The third kappa shape index (κ3) is 6.00. The summed E-state index contributed by atoms with van der Waals surface area (Å²) in [6.07, 6.45) is 3.10. The van der Waals surface area contributed by atoms with Crippen LogP contribution >= 0.6 is 23.6 Å². The third-order valence-corrected chi connectivity index (χ3v) is 7.17. The number of anilines is 2. The van der Waals surface area contributed by atoms with E-state index in [1.807, 2.05) is 23.6 Å². The number of carbonyl (C=O) groups is 1. The van der Waals surface area contributed by atoms with Crippen LogP contribution in [0.15, 0.2) is 83.1 Å². The standard InChI is InChI=1S/C22H21N3O3S3/c1-2-25(18-7-4-3-5-8-18)31(27,28)20-13-10-17(11-14-20)23-22(29)24-21(26)15-12-19-9-6-16-30-19/h3-16H,2H2,1H3,(H2,23,24,26,29). The number of amides is 1. The molecule has 3 aromatic rings. The van der Waals surface area contributed by atoms with Gasteiger partial charge in [0.2, 0.25) is 5.91 Å². The van der Waals surface area contributed by atoms with Crippen LogP contribution in [-0.4, -0.2) is 26.0 Å². The zero-order valence-corrected chi connectivity index (χ0v) is 19.1. The van der Waals surface area contributed by atoms with Crippen molar-refractivity contribution in [3.63, 3.8) is 0 Å². The van der Waals surface area contributed by atoms with Gasteiger partial charge in [-0.15, -0.1) is 11.3 Å². The molecular weight excluding hydrogens is 450 g/mol. The second-order valence-corrected chi connectivity index (χ2v) is 9.57. The molecule has 0 aliphatic heterocycles.